The molecular weight excluding hydrogens is 408 g/mol. The van der Waals surface area contributed by atoms with E-state index in [4.69, 9.17) is 14.5 Å². The normalized spacial score (nSPS) is 12.0. The summed E-state index contributed by atoms with van der Waals surface area (Å²) in [7, 11) is 1.38. The molecule has 0 amide bonds. The molecule has 0 aliphatic rings. The highest BCUT2D eigenvalue weighted by Crippen LogP contribution is 2.33. The SMILES string of the molecule is COC(=O)C(C)NCCOc1nc2ccccc2cc1-c1cccc(Br)c1. The number of ether oxygens (including phenoxy) is 2. The standard InChI is InChI=1S/C21H21BrN2O3/c1-14(21(25)26-2)23-10-11-27-20-18(15-7-5-8-17(22)12-15)13-16-6-3-4-9-19(16)24-20/h3-9,12-14,23H,10-11H2,1-2H3. The number of halogens is 1. The number of para-hydroxylation sites is 1. The number of pyridine rings is 1. The van der Waals surface area contributed by atoms with Crippen molar-refractivity contribution in [2.75, 3.05) is 20.3 Å². The van der Waals surface area contributed by atoms with Crippen molar-refractivity contribution in [1.82, 2.24) is 10.3 Å². The second kappa shape index (κ2) is 8.97. The fraction of sp³-hybridized carbons (Fsp3) is 0.238. The Balaban J connectivity index is 1.82. The Hall–Kier alpha value is -2.44. The molecule has 0 saturated heterocycles. The summed E-state index contributed by atoms with van der Waals surface area (Å²) in [5.41, 5.74) is 2.83. The number of hydrogen-bond acceptors (Lipinski definition) is 5. The lowest BCUT2D eigenvalue weighted by atomic mass is 10.0. The van der Waals surface area contributed by atoms with Crippen LogP contribution in [0.5, 0.6) is 5.88 Å². The lowest BCUT2D eigenvalue weighted by molar-refractivity contribution is -0.142. The number of rotatable bonds is 7. The molecule has 1 N–H and O–H groups in total. The summed E-state index contributed by atoms with van der Waals surface area (Å²) in [6.45, 7) is 2.64. The molecule has 6 heteroatoms. The summed E-state index contributed by atoms with van der Waals surface area (Å²) in [5, 5.41) is 4.13. The van der Waals surface area contributed by atoms with Crippen molar-refractivity contribution in [3.05, 3.63) is 59.1 Å². The molecule has 3 rings (SSSR count). The van der Waals surface area contributed by atoms with E-state index in [1.807, 2.05) is 48.5 Å². The fourth-order valence-corrected chi connectivity index (χ4v) is 3.15. The summed E-state index contributed by atoms with van der Waals surface area (Å²) >= 11 is 3.52. The minimum absolute atomic E-state index is 0.298. The van der Waals surface area contributed by atoms with Crippen molar-refractivity contribution in [2.45, 2.75) is 13.0 Å². The number of hydrogen-bond donors (Lipinski definition) is 1. The molecule has 0 spiro atoms. The van der Waals surface area contributed by atoms with Crippen LogP contribution in [0.2, 0.25) is 0 Å². The van der Waals surface area contributed by atoms with Gasteiger partial charge in [0.25, 0.3) is 0 Å². The first-order valence-corrected chi connectivity index (χ1v) is 9.47. The first kappa shape index (κ1) is 19.3. The molecule has 0 fully saturated rings. The van der Waals surface area contributed by atoms with Crippen LogP contribution in [-0.2, 0) is 9.53 Å². The smallest absolute Gasteiger partial charge is 0.322 e. The molecule has 0 radical (unpaired) electrons. The maximum atomic E-state index is 11.5. The first-order chi connectivity index (χ1) is 13.1. The summed E-state index contributed by atoms with van der Waals surface area (Å²) < 4.78 is 11.7. The molecule has 1 aromatic heterocycles. The highest BCUT2D eigenvalue weighted by Gasteiger charge is 2.13. The molecule has 1 atom stereocenters. The molecule has 0 aliphatic heterocycles. The Morgan fingerprint density at radius 1 is 1.19 bits per heavy atom. The maximum Gasteiger partial charge on any atom is 0.322 e. The molecule has 1 heterocycles. The van der Waals surface area contributed by atoms with E-state index in [-0.39, 0.29) is 12.0 Å². The summed E-state index contributed by atoms with van der Waals surface area (Å²) in [5.74, 6) is 0.271. The van der Waals surface area contributed by atoms with Crippen molar-refractivity contribution in [2.24, 2.45) is 0 Å². The molecule has 5 nitrogen and oxygen atoms in total. The fourth-order valence-electron chi connectivity index (χ4n) is 2.75. The Bertz CT molecular complexity index is 946. The van der Waals surface area contributed by atoms with Gasteiger partial charge < -0.3 is 14.8 Å². The summed E-state index contributed by atoms with van der Waals surface area (Å²) in [4.78, 5) is 16.1. The zero-order valence-electron chi connectivity index (χ0n) is 15.2. The van der Waals surface area contributed by atoms with Crippen LogP contribution in [0.25, 0.3) is 22.0 Å². The van der Waals surface area contributed by atoms with Gasteiger partial charge >= 0.3 is 5.97 Å². The van der Waals surface area contributed by atoms with E-state index in [1.54, 1.807) is 6.92 Å². The molecule has 0 bridgehead atoms. The van der Waals surface area contributed by atoms with Crippen LogP contribution in [-0.4, -0.2) is 37.3 Å². The Kier molecular flexibility index (Phi) is 6.42. The van der Waals surface area contributed by atoms with E-state index in [0.29, 0.717) is 19.0 Å². The van der Waals surface area contributed by atoms with Gasteiger partial charge in [-0.05, 0) is 36.8 Å². The lowest BCUT2D eigenvalue weighted by Gasteiger charge is -2.14. The van der Waals surface area contributed by atoms with Gasteiger partial charge in [-0.3, -0.25) is 4.79 Å². The number of aromatic nitrogens is 1. The van der Waals surface area contributed by atoms with Gasteiger partial charge in [0.1, 0.15) is 12.6 Å². The number of methoxy groups -OCH3 is 1. The van der Waals surface area contributed by atoms with Crippen molar-refractivity contribution in [1.29, 1.82) is 0 Å². The highest BCUT2D eigenvalue weighted by atomic mass is 79.9. The van der Waals surface area contributed by atoms with E-state index in [2.05, 4.69) is 27.3 Å². The predicted molar refractivity (Wildman–Crippen MR) is 110 cm³/mol. The zero-order valence-corrected chi connectivity index (χ0v) is 16.8. The number of carbonyl (C=O) groups excluding carboxylic acids is 1. The topological polar surface area (TPSA) is 60.5 Å². The quantitative estimate of drug-likeness (QED) is 0.451. The van der Waals surface area contributed by atoms with Crippen LogP contribution in [0, 0.1) is 0 Å². The van der Waals surface area contributed by atoms with Crippen LogP contribution < -0.4 is 10.1 Å². The molecule has 1 unspecified atom stereocenters. The van der Waals surface area contributed by atoms with Crippen molar-refractivity contribution < 1.29 is 14.3 Å². The number of benzene rings is 2. The van der Waals surface area contributed by atoms with E-state index < -0.39 is 0 Å². The van der Waals surface area contributed by atoms with E-state index in [9.17, 15) is 4.79 Å². The lowest BCUT2D eigenvalue weighted by Crippen LogP contribution is -2.37. The Morgan fingerprint density at radius 2 is 2.00 bits per heavy atom. The van der Waals surface area contributed by atoms with Gasteiger partial charge in [-0.15, -0.1) is 0 Å². The van der Waals surface area contributed by atoms with Gasteiger partial charge in [-0.25, -0.2) is 4.98 Å². The van der Waals surface area contributed by atoms with Crippen molar-refractivity contribution in [3.63, 3.8) is 0 Å². The summed E-state index contributed by atoms with van der Waals surface area (Å²) in [6.07, 6.45) is 0. The monoisotopic (exact) mass is 428 g/mol. The number of fused-ring (bicyclic) bond motifs is 1. The molecule has 0 aliphatic carbocycles. The second-order valence-electron chi connectivity index (χ2n) is 6.09. The molecule has 140 valence electrons. The van der Waals surface area contributed by atoms with E-state index >= 15 is 0 Å². The summed E-state index contributed by atoms with van der Waals surface area (Å²) in [6, 6.07) is 17.7. The predicted octanol–water partition coefficient (Wildman–Crippen LogP) is 4.19. The molecule has 0 saturated carbocycles. The molecular formula is C21H21BrN2O3. The van der Waals surface area contributed by atoms with E-state index in [0.717, 1.165) is 26.5 Å². The van der Waals surface area contributed by atoms with Crippen molar-refractivity contribution >= 4 is 32.8 Å². The van der Waals surface area contributed by atoms with Crippen molar-refractivity contribution in [3.8, 4) is 17.0 Å². The number of nitrogens with zero attached hydrogens (tertiary/aromatic N) is 1. The first-order valence-electron chi connectivity index (χ1n) is 8.68. The largest absolute Gasteiger partial charge is 0.476 e. The van der Waals surface area contributed by atoms with E-state index in [1.165, 1.54) is 7.11 Å². The van der Waals surface area contributed by atoms with Gasteiger partial charge in [0.05, 0.1) is 12.6 Å². The third-order valence-electron chi connectivity index (χ3n) is 4.17. The van der Waals surface area contributed by atoms with Crippen LogP contribution in [0.3, 0.4) is 0 Å². The van der Waals surface area contributed by atoms with Crippen LogP contribution >= 0.6 is 15.9 Å². The maximum absolute atomic E-state index is 11.5. The van der Waals surface area contributed by atoms with Gasteiger partial charge in [0.15, 0.2) is 0 Å². The second-order valence-corrected chi connectivity index (χ2v) is 7.01. The minimum atomic E-state index is -0.382. The highest BCUT2D eigenvalue weighted by molar-refractivity contribution is 9.10. The van der Waals surface area contributed by atoms with Crippen LogP contribution in [0.4, 0.5) is 0 Å². The third kappa shape index (κ3) is 4.84. The third-order valence-corrected chi connectivity index (χ3v) is 4.66. The average Bonchev–Trinajstić information content (AvgIpc) is 2.69. The Labute approximate surface area is 166 Å². The molecule has 3 aromatic rings. The van der Waals surface area contributed by atoms with Crippen LogP contribution in [0.1, 0.15) is 6.92 Å². The molecule has 27 heavy (non-hydrogen) atoms. The van der Waals surface area contributed by atoms with Crippen LogP contribution in [0.15, 0.2) is 59.1 Å². The zero-order chi connectivity index (χ0) is 19.2. The number of carbonyl (C=O) groups is 1. The minimum Gasteiger partial charge on any atom is -0.476 e. The van der Waals surface area contributed by atoms with Gasteiger partial charge in [0, 0.05) is 22.0 Å². The number of esters is 1. The van der Waals surface area contributed by atoms with Gasteiger partial charge in [-0.2, -0.15) is 0 Å². The van der Waals surface area contributed by atoms with Gasteiger partial charge in [0.2, 0.25) is 5.88 Å². The Morgan fingerprint density at radius 3 is 2.78 bits per heavy atom. The average molecular weight is 429 g/mol. The van der Waals surface area contributed by atoms with Gasteiger partial charge in [-0.1, -0.05) is 46.3 Å². The molecule has 2 aromatic carbocycles. The number of nitrogens with one attached hydrogen (secondary N) is 1.